The molecule has 0 bridgehead atoms. The molecule has 0 radical (unpaired) electrons. The average molecular weight is 336 g/mol. The van der Waals surface area contributed by atoms with Gasteiger partial charge >= 0.3 is 0 Å². The van der Waals surface area contributed by atoms with Gasteiger partial charge in [0.15, 0.2) is 0 Å². The van der Waals surface area contributed by atoms with E-state index in [1.54, 1.807) is 17.9 Å². The molecule has 120 valence electrons. The summed E-state index contributed by atoms with van der Waals surface area (Å²) in [7, 11) is -1.87. The fraction of sp³-hybridized carbons (Fsp3) is 0.769. The monoisotopic (exact) mass is 335 g/mol. The Bertz CT molecular complexity index is 541. The molecular weight excluding hydrogens is 314 g/mol. The molecule has 1 aromatic heterocycles. The second-order valence-electron chi connectivity index (χ2n) is 5.35. The van der Waals surface area contributed by atoms with Gasteiger partial charge in [-0.3, -0.25) is 4.68 Å². The maximum atomic E-state index is 12.5. The van der Waals surface area contributed by atoms with E-state index in [0.717, 1.165) is 25.9 Å². The summed E-state index contributed by atoms with van der Waals surface area (Å²) in [5.74, 6) is 0.800. The van der Waals surface area contributed by atoms with Gasteiger partial charge in [-0.1, -0.05) is 0 Å². The van der Waals surface area contributed by atoms with Crippen LogP contribution in [0.3, 0.4) is 0 Å². The van der Waals surface area contributed by atoms with E-state index in [1.807, 2.05) is 0 Å². The van der Waals surface area contributed by atoms with Crippen LogP contribution in [0.4, 0.5) is 0 Å². The van der Waals surface area contributed by atoms with Crippen LogP contribution in [0.1, 0.15) is 19.3 Å². The first-order valence-corrected chi connectivity index (χ1v) is 9.14. The lowest BCUT2D eigenvalue weighted by Gasteiger charge is -2.26. The van der Waals surface area contributed by atoms with Crippen molar-refractivity contribution in [3.05, 3.63) is 12.4 Å². The number of halogens is 1. The van der Waals surface area contributed by atoms with Gasteiger partial charge in [-0.25, -0.2) is 12.7 Å². The summed E-state index contributed by atoms with van der Waals surface area (Å²) in [6.45, 7) is 2.52. The van der Waals surface area contributed by atoms with Gasteiger partial charge in [-0.15, -0.1) is 11.6 Å². The molecule has 8 heteroatoms. The Balaban J connectivity index is 2.00. The van der Waals surface area contributed by atoms with E-state index in [9.17, 15) is 8.42 Å². The molecule has 1 aliphatic heterocycles. The standard InChI is InChI=1S/C13H22ClN3O3S/c1-16(9-12-4-2-7-20-11-12)21(18,19)13-8-15-17(10-13)6-3-5-14/h8,10,12H,2-7,9,11H2,1H3. The van der Waals surface area contributed by atoms with Crippen LogP contribution in [0, 0.1) is 5.92 Å². The van der Waals surface area contributed by atoms with Gasteiger partial charge in [0.05, 0.1) is 12.8 Å². The minimum Gasteiger partial charge on any atom is -0.381 e. The van der Waals surface area contributed by atoms with Crippen LogP contribution in [-0.4, -0.2) is 55.2 Å². The smallest absolute Gasteiger partial charge is 0.245 e. The van der Waals surface area contributed by atoms with Crippen molar-refractivity contribution in [1.29, 1.82) is 0 Å². The van der Waals surface area contributed by atoms with Crippen LogP contribution in [0.15, 0.2) is 17.3 Å². The first kappa shape index (κ1) is 16.7. The van der Waals surface area contributed by atoms with Crippen molar-refractivity contribution < 1.29 is 13.2 Å². The van der Waals surface area contributed by atoms with E-state index in [4.69, 9.17) is 16.3 Å². The summed E-state index contributed by atoms with van der Waals surface area (Å²) in [6.07, 6.45) is 5.73. The minimum absolute atomic E-state index is 0.233. The van der Waals surface area contributed by atoms with Gasteiger partial charge < -0.3 is 4.74 Å². The molecule has 0 aromatic carbocycles. The average Bonchev–Trinajstić information content (AvgIpc) is 2.95. The zero-order valence-corrected chi connectivity index (χ0v) is 13.8. The third-order valence-corrected chi connectivity index (χ3v) is 5.65. The summed E-state index contributed by atoms with van der Waals surface area (Å²) < 4.78 is 33.4. The maximum Gasteiger partial charge on any atom is 0.245 e. The molecule has 1 fully saturated rings. The van der Waals surface area contributed by atoms with Gasteiger partial charge in [0.2, 0.25) is 10.0 Å². The third kappa shape index (κ3) is 4.42. The zero-order chi connectivity index (χ0) is 15.3. The van der Waals surface area contributed by atoms with Gasteiger partial charge in [0, 0.05) is 38.8 Å². The molecule has 0 N–H and O–H groups in total. The molecule has 21 heavy (non-hydrogen) atoms. The van der Waals surface area contributed by atoms with Crippen molar-refractivity contribution in [3.63, 3.8) is 0 Å². The van der Waals surface area contributed by atoms with Crippen LogP contribution in [0.5, 0.6) is 0 Å². The van der Waals surface area contributed by atoms with Crippen LogP contribution >= 0.6 is 11.6 Å². The number of alkyl halides is 1. The predicted octanol–water partition coefficient (Wildman–Crippen LogP) is 1.56. The maximum absolute atomic E-state index is 12.5. The fourth-order valence-electron chi connectivity index (χ4n) is 2.41. The number of hydrogen-bond donors (Lipinski definition) is 0. The van der Waals surface area contributed by atoms with E-state index in [1.165, 1.54) is 10.5 Å². The highest BCUT2D eigenvalue weighted by Crippen LogP contribution is 2.19. The summed E-state index contributed by atoms with van der Waals surface area (Å²) in [5.41, 5.74) is 0. The van der Waals surface area contributed by atoms with Gasteiger partial charge in [-0.05, 0) is 25.2 Å². The van der Waals surface area contributed by atoms with Crippen LogP contribution < -0.4 is 0 Å². The molecule has 1 aromatic rings. The van der Waals surface area contributed by atoms with Crippen molar-refractivity contribution in [1.82, 2.24) is 14.1 Å². The molecule has 0 aliphatic carbocycles. The van der Waals surface area contributed by atoms with Crippen LogP contribution in [0.2, 0.25) is 0 Å². The Morgan fingerprint density at radius 2 is 2.38 bits per heavy atom. The Kier molecular flexibility index (Phi) is 6.04. The number of aryl methyl sites for hydroxylation is 1. The Morgan fingerprint density at radius 3 is 3.05 bits per heavy atom. The highest BCUT2D eigenvalue weighted by Gasteiger charge is 2.26. The van der Waals surface area contributed by atoms with Gasteiger partial charge in [0.1, 0.15) is 4.90 Å². The van der Waals surface area contributed by atoms with Gasteiger partial charge in [0.25, 0.3) is 0 Å². The summed E-state index contributed by atoms with van der Waals surface area (Å²) in [4.78, 5) is 0.233. The lowest BCUT2D eigenvalue weighted by atomic mass is 10.0. The van der Waals surface area contributed by atoms with Crippen molar-refractivity contribution in [2.75, 3.05) is 32.7 Å². The molecule has 6 nitrogen and oxygen atoms in total. The van der Waals surface area contributed by atoms with Crippen molar-refractivity contribution in [2.45, 2.75) is 30.7 Å². The van der Waals surface area contributed by atoms with Gasteiger partial charge in [-0.2, -0.15) is 5.10 Å². The number of aromatic nitrogens is 2. The van der Waals surface area contributed by atoms with Crippen molar-refractivity contribution in [3.8, 4) is 0 Å². The Morgan fingerprint density at radius 1 is 1.57 bits per heavy atom. The highest BCUT2D eigenvalue weighted by atomic mass is 35.5. The van der Waals surface area contributed by atoms with E-state index < -0.39 is 10.0 Å². The SMILES string of the molecule is CN(CC1CCCOC1)S(=O)(=O)c1cnn(CCCCl)c1. The Hall–Kier alpha value is -0.630. The second kappa shape index (κ2) is 7.58. The molecule has 2 rings (SSSR count). The molecule has 2 heterocycles. The molecular formula is C13H22ClN3O3S. The van der Waals surface area contributed by atoms with E-state index in [0.29, 0.717) is 25.6 Å². The molecule has 0 spiro atoms. The topological polar surface area (TPSA) is 64.4 Å². The Labute approximate surface area is 131 Å². The quantitative estimate of drug-likeness (QED) is 0.709. The van der Waals surface area contributed by atoms with E-state index in [-0.39, 0.29) is 10.8 Å². The van der Waals surface area contributed by atoms with E-state index >= 15 is 0 Å². The predicted molar refractivity (Wildman–Crippen MR) is 80.9 cm³/mol. The highest BCUT2D eigenvalue weighted by molar-refractivity contribution is 7.89. The summed E-state index contributed by atoms with van der Waals surface area (Å²) in [6, 6.07) is 0. The van der Waals surface area contributed by atoms with Crippen LogP contribution in [0.25, 0.3) is 0 Å². The number of ether oxygens (including phenoxy) is 1. The lowest BCUT2D eigenvalue weighted by Crippen LogP contribution is -2.35. The zero-order valence-electron chi connectivity index (χ0n) is 12.2. The summed E-state index contributed by atoms with van der Waals surface area (Å²) in [5, 5.41) is 4.08. The minimum atomic E-state index is -3.48. The fourth-order valence-corrected chi connectivity index (χ4v) is 3.74. The van der Waals surface area contributed by atoms with Crippen molar-refractivity contribution in [2.24, 2.45) is 5.92 Å². The lowest BCUT2D eigenvalue weighted by molar-refractivity contribution is 0.0495. The first-order valence-electron chi connectivity index (χ1n) is 7.16. The van der Waals surface area contributed by atoms with Crippen molar-refractivity contribution >= 4 is 21.6 Å². The molecule has 1 aliphatic rings. The molecule has 1 unspecified atom stereocenters. The number of hydrogen-bond acceptors (Lipinski definition) is 4. The molecule has 1 saturated heterocycles. The largest absolute Gasteiger partial charge is 0.381 e. The molecule has 1 atom stereocenters. The molecule has 0 saturated carbocycles. The number of sulfonamides is 1. The van der Waals surface area contributed by atoms with Crippen LogP contribution in [-0.2, 0) is 21.3 Å². The first-order chi connectivity index (χ1) is 10.0. The number of nitrogens with zero attached hydrogens (tertiary/aromatic N) is 3. The number of rotatable bonds is 7. The normalized spacial score (nSPS) is 20.0. The third-order valence-electron chi connectivity index (χ3n) is 3.61. The van der Waals surface area contributed by atoms with E-state index in [2.05, 4.69) is 5.10 Å². The summed E-state index contributed by atoms with van der Waals surface area (Å²) >= 11 is 5.63. The second-order valence-corrected chi connectivity index (χ2v) is 7.77. The molecule has 0 amide bonds.